The highest BCUT2D eigenvalue weighted by molar-refractivity contribution is 6.01. The maximum atomic E-state index is 16.0. The first-order valence-corrected chi connectivity index (χ1v) is 19.6. The molecule has 8 rings (SSSR count). The van der Waals surface area contributed by atoms with Crippen LogP contribution in [0.15, 0.2) is 54.9 Å². The van der Waals surface area contributed by atoms with Crippen LogP contribution >= 0.6 is 0 Å². The molecule has 13 heteroatoms. The van der Waals surface area contributed by atoms with Crippen LogP contribution in [-0.4, -0.2) is 99.0 Å². The minimum Gasteiger partial charge on any atom is -0.370 e. The van der Waals surface area contributed by atoms with Gasteiger partial charge in [0.1, 0.15) is 22.8 Å². The summed E-state index contributed by atoms with van der Waals surface area (Å²) in [5, 5.41) is 6.55. The van der Waals surface area contributed by atoms with Crippen molar-refractivity contribution in [1.82, 2.24) is 34.6 Å². The minimum absolute atomic E-state index is 0.0296. The zero-order valence-electron chi connectivity index (χ0n) is 31.3. The van der Waals surface area contributed by atoms with Crippen LogP contribution in [0.3, 0.4) is 0 Å². The second-order valence-corrected chi connectivity index (χ2v) is 15.9. The molecule has 1 unspecified atom stereocenters. The molecule has 1 saturated carbocycles. The van der Waals surface area contributed by atoms with Crippen molar-refractivity contribution in [3.8, 4) is 0 Å². The van der Waals surface area contributed by atoms with Crippen molar-refractivity contribution in [2.45, 2.75) is 94.3 Å². The van der Waals surface area contributed by atoms with Crippen LogP contribution in [0.25, 0.3) is 11.0 Å². The maximum Gasteiger partial charge on any atom is 0.270 e. The van der Waals surface area contributed by atoms with Crippen LogP contribution in [0.5, 0.6) is 0 Å². The predicted octanol–water partition coefficient (Wildman–Crippen LogP) is 5.92. The van der Waals surface area contributed by atoms with Crippen molar-refractivity contribution in [3.63, 3.8) is 0 Å². The van der Waals surface area contributed by atoms with Gasteiger partial charge in [0, 0.05) is 76.8 Å². The van der Waals surface area contributed by atoms with Gasteiger partial charge in [0.05, 0.1) is 17.8 Å². The Hall–Kier alpha value is -4.91. The number of carbonyl (C=O) groups excluding carboxylic acids is 3. The number of carbonyl (C=O) groups is 3. The van der Waals surface area contributed by atoms with Crippen LogP contribution in [0.4, 0.5) is 21.8 Å². The Kier molecular flexibility index (Phi) is 10.1. The predicted molar refractivity (Wildman–Crippen MR) is 206 cm³/mol. The Morgan fingerprint density at radius 1 is 0.926 bits per heavy atom. The number of halogens is 1. The van der Waals surface area contributed by atoms with E-state index in [0.717, 1.165) is 92.6 Å². The molecule has 12 nitrogen and oxygen atoms in total. The number of amides is 3. The summed E-state index contributed by atoms with van der Waals surface area (Å²) in [5.74, 6) is 0.290. The van der Waals surface area contributed by atoms with E-state index in [1.54, 1.807) is 25.2 Å². The molecule has 6 heterocycles. The lowest BCUT2D eigenvalue weighted by atomic mass is 9.84. The number of aromatic nitrogens is 4. The lowest BCUT2D eigenvalue weighted by molar-refractivity contribution is -0.134. The summed E-state index contributed by atoms with van der Waals surface area (Å²) in [4.78, 5) is 57.4. The van der Waals surface area contributed by atoms with Gasteiger partial charge in [-0.05, 0) is 74.3 Å². The zero-order chi connectivity index (χ0) is 37.4. The Morgan fingerprint density at radius 3 is 2.33 bits per heavy atom. The van der Waals surface area contributed by atoms with Crippen molar-refractivity contribution in [2.75, 3.05) is 50.5 Å². The third kappa shape index (κ3) is 7.55. The molecular formula is C41H50FN9O3. The summed E-state index contributed by atoms with van der Waals surface area (Å²) < 4.78 is 18.2. The molecular weight excluding hydrogens is 686 g/mol. The van der Waals surface area contributed by atoms with Gasteiger partial charge in [0.25, 0.3) is 5.91 Å². The number of hydrogen-bond acceptors (Lipinski definition) is 9. The average molecular weight is 736 g/mol. The molecule has 3 aromatic heterocycles. The molecule has 2 N–H and O–H groups in total. The molecule has 4 aromatic rings. The Morgan fingerprint density at radius 2 is 1.67 bits per heavy atom. The fourth-order valence-electron chi connectivity index (χ4n) is 8.96. The first-order chi connectivity index (χ1) is 26.1. The van der Waals surface area contributed by atoms with Crippen molar-refractivity contribution < 1.29 is 18.8 Å². The van der Waals surface area contributed by atoms with Crippen molar-refractivity contribution in [1.29, 1.82) is 0 Å². The van der Waals surface area contributed by atoms with Gasteiger partial charge in [-0.3, -0.25) is 19.7 Å². The number of imide groups is 1. The molecule has 0 spiro atoms. The summed E-state index contributed by atoms with van der Waals surface area (Å²) >= 11 is 0. The maximum absolute atomic E-state index is 16.0. The van der Waals surface area contributed by atoms with Crippen LogP contribution in [-0.2, 0) is 16.0 Å². The van der Waals surface area contributed by atoms with E-state index in [0.29, 0.717) is 55.6 Å². The average Bonchev–Trinajstić information content (AvgIpc) is 3.84. The van der Waals surface area contributed by atoms with E-state index in [2.05, 4.69) is 36.1 Å². The third-order valence-corrected chi connectivity index (χ3v) is 12.1. The molecule has 284 valence electrons. The second kappa shape index (κ2) is 15.1. The standard InChI is InChI=1S/C41H50FN9O3/c1-48(2)39(54)34-23-29-25-44-40(47-37(29)51(34)31-5-3-4-6-31)45-35-13-11-32(26-43-35)49-19-15-30(16-20-49)50-21-17-41(42,18-22-50)24-27-7-9-28(10-8-27)33-12-14-36(52)46-38(33)53/h7-11,13,23,25-26,30-31,33H,3-6,12,14-22,24H2,1-2H3,(H,46,52,53)(H,43,44,45,47). The number of nitrogens with zero attached hydrogens (tertiary/aromatic N) is 7. The molecule has 1 atom stereocenters. The monoisotopic (exact) mass is 735 g/mol. The largest absolute Gasteiger partial charge is 0.370 e. The topological polar surface area (TPSA) is 129 Å². The van der Waals surface area contributed by atoms with Crippen LogP contribution < -0.4 is 15.5 Å². The number of pyridine rings is 1. The summed E-state index contributed by atoms with van der Waals surface area (Å²) in [7, 11) is 3.55. The first-order valence-electron chi connectivity index (χ1n) is 19.6. The fourth-order valence-corrected chi connectivity index (χ4v) is 8.96. The Bertz CT molecular complexity index is 1990. The number of rotatable bonds is 9. The molecule has 3 amide bonds. The van der Waals surface area contributed by atoms with E-state index in [4.69, 9.17) is 9.97 Å². The van der Waals surface area contributed by atoms with Gasteiger partial charge in [-0.25, -0.2) is 14.4 Å². The second-order valence-electron chi connectivity index (χ2n) is 15.9. The van der Waals surface area contributed by atoms with E-state index in [9.17, 15) is 14.4 Å². The molecule has 1 aliphatic carbocycles. The van der Waals surface area contributed by atoms with Gasteiger partial charge in [0.2, 0.25) is 17.8 Å². The van der Waals surface area contributed by atoms with Gasteiger partial charge >= 0.3 is 0 Å². The number of likely N-dealkylation sites (tertiary alicyclic amines) is 1. The van der Waals surface area contributed by atoms with Gasteiger partial charge in [-0.2, -0.15) is 4.98 Å². The Balaban J connectivity index is 0.830. The van der Waals surface area contributed by atoms with E-state index in [-0.39, 0.29) is 29.7 Å². The van der Waals surface area contributed by atoms with Crippen LogP contribution in [0.2, 0.25) is 0 Å². The SMILES string of the molecule is CN(C)C(=O)c1cc2cnc(Nc3ccc(N4CCC(N5CCC(F)(Cc6ccc(C7CCC(=O)NC7=O)cc6)CC5)CC4)cn3)nc2n1C1CCCC1. The molecule has 4 fully saturated rings. The lowest BCUT2D eigenvalue weighted by Gasteiger charge is -2.44. The molecule has 0 bridgehead atoms. The van der Waals surface area contributed by atoms with Crippen LogP contribution in [0.1, 0.15) is 97.8 Å². The highest BCUT2D eigenvalue weighted by Crippen LogP contribution is 2.36. The van der Waals surface area contributed by atoms with E-state index in [1.807, 2.05) is 42.6 Å². The number of benzene rings is 1. The quantitative estimate of drug-likeness (QED) is 0.201. The number of nitrogens with one attached hydrogen (secondary N) is 2. The summed E-state index contributed by atoms with van der Waals surface area (Å²) in [6, 6.07) is 14.3. The number of hydrogen-bond donors (Lipinski definition) is 2. The van der Waals surface area contributed by atoms with Crippen LogP contribution in [0, 0.1) is 0 Å². The van der Waals surface area contributed by atoms with Crippen molar-refractivity contribution in [2.24, 2.45) is 0 Å². The summed E-state index contributed by atoms with van der Waals surface area (Å²) in [6.45, 7) is 3.34. The fraction of sp³-hybridized carbons (Fsp3) is 0.512. The zero-order valence-corrected chi connectivity index (χ0v) is 31.3. The Labute approximate surface area is 315 Å². The normalized spacial score (nSPS) is 21.4. The van der Waals surface area contributed by atoms with E-state index in [1.165, 1.54) is 0 Å². The highest BCUT2D eigenvalue weighted by Gasteiger charge is 2.38. The molecule has 1 aromatic carbocycles. The van der Waals surface area contributed by atoms with Crippen molar-refractivity contribution >= 4 is 46.2 Å². The molecule has 54 heavy (non-hydrogen) atoms. The van der Waals surface area contributed by atoms with E-state index < -0.39 is 5.67 Å². The molecule has 3 saturated heterocycles. The van der Waals surface area contributed by atoms with Crippen molar-refractivity contribution in [3.05, 3.63) is 71.7 Å². The van der Waals surface area contributed by atoms with Gasteiger partial charge in [0.15, 0.2) is 0 Å². The smallest absolute Gasteiger partial charge is 0.270 e. The summed E-state index contributed by atoms with van der Waals surface area (Å²) in [5.41, 5.74) is 3.09. The number of alkyl halides is 1. The lowest BCUT2D eigenvalue weighted by Crippen LogP contribution is -2.51. The molecule has 3 aliphatic heterocycles. The molecule has 0 radical (unpaired) electrons. The van der Waals surface area contributed by atoms with E-state index >= 15 is 4.39 Å². The van der Waals surface area contributed by atoms with Gasteiger partial charge < -0.3 is 24.6 Å². The number of piperidine rings is 3. The number of anilines is 3. The third-order valence-electron chi connectivity index (χ3n) is 12.1. The van der Waals surface area contributed by atoms with Gasteiger partial charge in [-0.15, -0.1) is 0 Å². The highest BCUT2D eigenvalue weighted by atomic mass is 19.1. The minimum atomic E-state index is -1.24. The summed E-state index contributed by atoms with van der Waals surface area (Å²) in [6.07, 6.45) is 12.4. The number of fused-ring (bicyclic) bond motifs is 1. The van der Waals surface area contributed by atoms with Gasteiger partial charge in [-0.1, -0.05) is 37.1 Å². The molecule has 4 aliphatic rings. The first kappa shape index (κ1) is 36.1.